The van der Waals surface area contributed by atoms with Gasteiger partial charge in [0.25, 0.3) is 0 Å². The van der Waals surface area contributed by atoms with Crippen LogP contribution < -0.4 is 0 Å². The maximum Gasteiger partial charge on any atom is 0.159 e. The van der Waals surface area contributed by atoms with Gasteiger partial charge in [-0.1, -0.05) is 96.3 Å². The molecule has 3 heteroatoms. The Labute approximate surface area is 190 Å². The van der Waals surface area contributed by atoms with E-state index in [1.165, 1.54) is 116 Å². The number of alkyl halides is 2. The number of hydrogen-bond donors (Lipinski definition) is 0. The van der Waals surface area contributed by atoms with Crippen molar-refractivity contribution >= 4 is 0 Å². The second kappa shape index (κ2) is 11.3. The van der Waals surface area contributed by atoms with Crippen LogP contribution in [0, 0.1) is 35.5 Å². The fraction of sp³-hybridized carbons (Fsp3) is 1.00. The van der Waals surface area contributed by atoms with Crippen LogP contribution in [-0.4, -0.2) is 25.1 Å². The molecule has 0 aromatic carbocycles. The summed E-state index contributed by atoms with van der Waals surface area (Å²) in [5.41, 5.74) is -1.84. The molecule has 4 aliphatic carbocycles. The Hall–Kier alpha value is -0.180. The van der Waals surface area contributed by atoms with Crippen LogP contribution in [0.25, 0.3) is 0 Å². The summed E-state index contributed by atoms with van der Waals surface area (Å²) in [4.78, 5) is 0. The second-order valence-corrected chi connectivity index (χ2v) is 12.1. The van der Waals surface area contributed by atoms with E-state index < -0.39 is 12.3 Å². The Morgan fingerprint density at radius 3 is 1.48 bits per heavy atom. The molecule has 1 nitrogen and oxygen atoms in total. The molecule has 4 fully saturated rings. The van der Waals surface area contributed by atoms with Crippen LogP contribution in [0.4, 0.5) is 8.78 Å². The summed E-state index contributed by atoms with van der Waals surface area (Å²) in [7, 11) is 0. The van der Waals surface area contributed by atoms with Crippen molar-refractivity contribution in [3.63, 3.8) is 0 Å². The lowest BCUT2D eigenvalue weighted by Gasteiger charge is -2.51. The lowest BCUT2D eigenvalue weighted by molar-refractivity contribution is -0.134. The van der Waals surface area contributed by atoms with E-state index in [1.807, 2.05) is 0 Å². The molecule has 0 N–H and O–H groups in total. The van der Waals surface area contributed by atoms with Gasteiger partial charge in [0.05, 0.1) is 12.7 Å². The molecule has 0 bridgehead atoms. The topological polar surface area (TPSA) is 9.23 Å². The summed E-state index contributed by atoms with van der Waals surface area (Å²) >= 11 is 0. The van der Waals surface area contributed by atoms with Gasteiger partial charge in [-0.15, -0.1) is 0 Å². The maximum atomic E-state index is 14.6. The number of halogens is 2. The largest absolute Gasteiger partial charge is 0.374 e. The molecule has 0 amide bonds. The molecular weight excluding hydrogens is 390 g/mol. The average Bonchev–Trinajstić information content (AvgIpc) is 2.84. The van der Waals surface area contributed by atoms with Crippen molar-refractivity contribution in [2.45, 2.75) is 128 Å². The van der Waals surface area contributed by atoms with Crippen LogP contribution in [-0.2, 0) is 4.74 Å². The van der Waals surface area contributed by atoms with Gasteiger partial charge in [-0.05, 0) is 55.3 Å². The first-order valence-corrected chi connectivity index (χ1v) is 13.9. The zero-order valence-corrected chi connectivity index (χ0v) is 20.1. The highest BCUT2D eigenvalue weighted by molar-refractivity contribution is 4.96. The Bertz CT molecular complexity index is 489. The van der Waals surface area contributed by atoms with E-state index >= 15 is 0 Å². The predicted octanol–water partition coefficient (Wildman–Crippen LogP) is 8.45. The first kappa shape index (κ1) is 24.0. The summed E-state index contributed by atoms with van der Waals surface area (Å²) in [5.74, 6) is 4.38. The van der Waals surface area contributed by atoms with Crippen LogP contribution in [0.2, 0.25) is 0 Å². The first-order chi connectivity index (χ1) is 15.1. The summed E-state index contributed by atoms with van der Waals surface area (Å²) in [6.45, 7) is 0.382. The number of hydrogen-bond acceptors (Lipinski definition) is 1. The van der Waals surface area contributed by atoms with Gasteiger partial charge in [0.1, 0.15) is 6.67 Å². The van der Waals surface area contributed by atoms with Crippen LogP contribution in [0.1, 0.15) is 116 Å². The third-order valence-electron chi connectivity index (χ3n) is 9.68. The fourth-order valence-electron chi connectivity index (χ4n) is 7.97. The van der Waals surface area contributed by atoms with Gasteiger partial charge in [0.2, 0.25) is 0 Å². The SMILES string of the molecule is CC(F)(CF)COC1C(C2CCCCC2)CC(C2CCCCC2)CC1C1CCCCC1. The Kier molecular flexibility index (Phi) is 8.73. The van der Waals surface area contributed by atoms with Gasteiger partial charge < -0.3 is 4.74 Å². The molecular formula is C28H48F2O. The van der Waals surface area contributed by atoms with E-state index in [-0.39, 0.29) is 12.7 Å². The minimum absolute atomic E-state index is 0.0608. The Morgan fingerprint density at radius 1 is 0.645 bits per heavy atom. The highest BCUT2D eigenvalue weighted by atomic mass is 19.2. The predicted molar refractivity (Wildman–Crippen MR) is 125 cm³/mol. The van der Waals surface area contributed by atoms with E-state index in [1.54, 1.807) is 0 Å². The fourth-order valence-corrected chi connectivity index (χ4v) is 7.97. The molecule has 0 heterocycles. The lowest BCUT2D eigenvalue weighted by atomic mass is 9.58. The molecule has 0 aromatic rings. The molecule has 31 heavy (non-hydrogen) atoms. The molecule has 0 saturated heterocycles. The summed E-state index contributed by atoms with van der Waals surface area (Å²) in [6.07, 6.45) is 23.3. The smallest absolute Gasteiger partial charge is 0.159 e. The van der Waals surface area contributed by atoms with Crippen LogP contribution >= 0.6 is 0 Å². The molecule has 4 saturated carbocycles. The van der Waals surface area contributed by atoms with E-state index in [9.17, 15) is 8.78 Å². The van der Waals surface area contributed by atoms with Gasteiger partial charge in [-0.2, -0.15) is 0 Å². The van der Waals surface area contributed by atoms with E-state index in [4.69, 9.17) is 4.74 Å². The van der Waals surface area contributed by atoms with Crippen molar-refractivity contribution in [1.29, 1.82) is 0 Å². The molecule has 4 rings (SSSR count). The lowest BCUT2D eigenvalue weighted by Crippen LogP contribution is -2.49. The third kappa shape index (κ3) is 6.24. The van der Waals surface area contributed by atoms with Gasteiger partial charge in [0.15, 0.2) is 5.67 Å². The third-order valence-corrected chi connectivity index (χ3v) is 9.68. The number of rotatable bonds is 7. The quantitative estimate of drug-likeness (QED) is 0.387. The average molecular weight is 439 g/mol. The first-order valence-electron chi connectivity index (χ1n) is 13.9. The zero-order valence-electron chi connectivity index (χ0n) is 20.1. The standard InChI is InChI=1S/C28H48F2O/c1-28(30,19-29)20-31-27-25(22-13-7-3-8-14-22)17-24(21-11-5-2-6-12-21)18-26(27)23-15-9-4-10-16-23/h21-27H,2-20H2,1H3. The Morgan fingerprint density at radius 2 is 1.06 bits per heavy atom. The molecule has 180 valence electrons. The van der Waals surface area contributed by atoms with Crippen molar-refractivity contribution in [3.8, 4) is 0 Å². The van der Waals surface area contributed by atoms with Gasteiger partial charge in [0, 0.05) is 0 Å². The van der Waals surface area contributed by atoms with Crippen molar-refractivity contribution < 1.29 is 13.5 Å². The molecule has 0 aliphatic heterocycles. The molecule has 0 spiro atoms. The summed E-state index contributed by atoms with van der Waals surface area (Å²) < 4.78 is 34.4. The van der Waals surface area contributed by atoms with Crippen LogP contribution in [0.3, 0.4) is 0 Å². The molecule has 3 atom stereocenters. The van der Waals surface area contributed by atoms with Crippen molar-refractivity contribution in [3.05, 3.63) is 0 Å². The van der Waals surface area contributed by atoms with Crippen molar-refractivity contribution in [2.75, 3.05) is 13.3 Å². The molecule has 3 unspecified atom stereocenters. The highest BCUT2D eigenvalue weighted by Gasteiger charge is 2.47. The van der Waals surface area contributed by atoms with Crippen molar-refractivity contribution in [2.24, 2.45) is 35.5 Å². The van der Waals surface area contributed by atoms with Crippen molar-refractivity contribution in [1.82, 2.24) is 0 Å². The van der Waals surface area contributed by atoms with Crippen LogP contribution in [0.15, 0.2) is 0 Å². The minimum atomic E-state index is -1.84. The van der Waals surface area contributed by atoms with Crippen LogP contribution in [0.5, 0.6) is 0 Å². The summed E-state index contributed by atoms with van der Waals surface area (Å²) in [6, 6.07) is 0. The van der Waals surface area contributed by atoms with Gasteiger partial charge >= 0.3 is 0 Å². The minimum Gasteiger partial charge on any atom is -0.374 e. The van der Waals surface area contributed by atoms with Gasteiger partial charge in [-0.25, -0.2) is 8.78 Å². The van der Waals surface area contributed by atoms with E-state index in [0.29, 0.717) is 11.8 Å². The zero-order chi connectivity index (χ0) is 21.7. The maximum absolute atomic E-state index is 14.6. The summed E-state index contributed by atoms with van der Waals surface area (Å²) in [5, 5.41) is 0. The molecule has 4 aliphatic rings. The van der Waals surface area contributed by atoms with Gasteiger partial charge in [-0.3, -0.25) is 0 Å². The molecule has 0 radical (unpaired) electrons. The highest BCUT2D eigenvalue weighted by Crippen LogP contribution is 2.52. The van der Waals surface area contributed by atoms with E-state index in [0.717, 1.165) is 23.7 Å². The Balaban J connectivity index is 1.57. The normalized spacial score (nSPS) is 36.9. The monoisotopic (exact) mass is 438 g/mol. The second-order valence-electron chi connectivity index (χ2n) is 12.1. The number of ether oxygens (including phenoxy) is 1. The van der Waals surface area contributed by atoms with E-state index in [2.05, 4.69) is 0 Å². The molecule has 0 aromatic heterocycles.